The van der Waals surface area contributed by atoms with Crippen molar-refractivity contribution in [1.29, 1.82) is 0 Å². The summed E-state index contributed by atoms with van der Waals surface area (Å²) in [5, 5.41) is 0. The lowest BCUT2D eigenvalue weighted by molar-refractivity contribution is 0.773. The van der Waals surface area contributed by atoms with Crippen molar-refractivity contribution in [3.05, 3.63) is 30.1 Å². The maximum atomic E-state index is 11.3. The van der Waals surface area contributed by atoms with E-state index in [1.165, 1.54) is 18.6 Å². The van der Waals surface area contributed by atoms with Gasteiger partial charge < -0.3 is 0 Å². The minimum Gasteiger partial charge on any atom is -0.263 e. The number of hydrogen-bond acceptors (Lipinski definition) is 1. The van der Waals surface area contributed by atoms with Gasteiger partial charge in [-0.25, -0.2) is 0 Å². The summed E-state index contributed by atoms with van der Waals surface area (Å²) in [6.07, 6.45) is 4.24. The van der Waals surface area contributed by atoms with Crippen molar-refractivity contribution in [2.45, 2.75) is 0 Å². The molecule has 0 aromatic carbocycles. The second-order valence-corrected chi connectivity index (χ2v) is 1.39. The van der Waals surface area contributed by atoms with Crippen LogP contribution >= 0.6 is 0 Å². The minimum atomic E-state index is 0.542. The summed E-state index contributed by atoms with van der Waals surface area (Å²) in [7, 11) is 0. The largest absolute Gasteiger partial charge is 0.263 e. The van der Waals surface area contributed by atoms with Crippen LogP contribution in [0.3, 0.4) is 0 Å². The molecule has 0 spiro atoms. The molecule has 1 nitrogen and oxygen atoms in total. The third-order valence-electron chi connectivity index (χ3n) is 0.793. The highest BCUT2D eigenvalue weighted by Gasteiger charge is 1.80. The van der Waals surface area contributed by atoms with Crippen LogP contribution in [-0.4, -0.2) is 4.98 Å². The first-order chi connectivity index (χ1) is 4.43. The molecule has 1 heterocycles. The Morgan fingerprint density at radius 3 is 3.11 bits per heavy atom. The maximum Gasteiger partial charge on any atom is 0.111 e. The average molecular weight is 120 g/mol. The standard InChI is InChI=1S/C7H3FN/c8-4-3-7-2-1-5-9-6-7/h2,5-6H. The summed E-state index contributed by atoms with van der Waals surface area (Å²) in [4.78, 5) is 3.68. The van der Waals surface area contributed by atoms with Crippen molar-refractivity contribution in [2.24, 2.45) is 0 Å². The van der Waals surface area contributed by atoms with Crippen LogP contribution in [0.2, 0.25) is 0 Å². The van der Waals surface area contributed by atoms with Crippen molar-refractivity contribution in [3.63, 3.8) is 0 Å². The van der Waals surface area contributed by atoms with Gasteiger partial charge in [0.25, 0.3) is 0 Å². The summed E-state index contributed by atoms with van der Waals surface area (Å²) in [5.74, 6) is 2.20. The Hall–Kier alpha value is -1.36. The maximum absolute atomic E-state index is 11.3. The molecule has 0 bridgehead atoms. The van der Waals surface area contributed by atoms with Crippen LogP contribution < -0.4 is 0 Å². The monoisotopic (exact) mass is 120 g/mol. The summed E-state index contributed by atoms with van der Waals surface area (Å²) in [6.45, 7) is 0. The number of nitrogens with zero attached hydrogens (tertiary/aromatic N) is 1. The molecule has 0 fully saturated rings. The molecular formula is C7H3FN. The van der Waals surface area contributed by atoms with E-state index in [9.17, 15) is 4.39 Å². The van der Waals surface area contributed by atoms with Gasteiger partial charge in [-0.15, -0.1) is 4.39 Å². The summed E-state index contributed by atoms with van der Waals surface area (Å²) in [5.41, 5.74) is 0.542. The Morgan fingerprint density at radius 2 is 2.56 bits per heavy atom. The van der Waals surface area contributed by atoms with E-state index >= 15 is 0 Å². The lowest BCUT2D eigenvalue weighted by atomic mass is 10.3. The molecule has 0 aliphatic rings. The van der Waals surface area contributed by atoms with Crippen LogP contribution in [0, 0.1) is 18.2 Å². The van der Waals surface area contributed by atoms with Crippen molar-refractivity contribution < 1.29 is 4.39 Å². The first-order valence-corrected chi connectivity index (χ1v) is 2.36. The van der Waals surface area contributed by atoms with Gasteiger partial charge in [-0.3, -0.25) is 4.98 Å². The molecule has 0 N–H and O–H groups in total. The summed E-state index contributed by atoms with van der Waals surface area (Å²) in [6, 6.07) is 4.23. The zero-order valence-corrected chi connectivity index (χ0v) is 4.56. The predicted octanol–water partition coefficient (Wildman–Crippen LogP) is 1.16. The molecular weight excluding hydrogens is 117 g/mol. The highest BCUT2D eigenvalue weighted by molar-refractivity contribution is 5.28. The van der Waals surface area contributed by atoms with Crippen molar-refractivity contribution >= 4 is 0 Å². The number of halogens is 1. The van der Waals surface area contributed by atoms with Gasteiger partial charge in [0.05, 0.1) is 0 Å². The molecule has 0 amide bonds. The number of pyridine rings is 1. The van der Waals surface area contributed by atoms with Crippen LogP contribution in [0.4, 0.5) is 4.39 Å². The lowest BCUT2D eigenvalue weighted by Crippen LogP contribution is -1.73. The SMILES string of the molecule is FC#Cc1c[c]cnc1. The molecule has 0 saturated heterocycles. The van der Waals surface area contributed by atoms with E-state index in [0.717, 1.165) is 0 Å². The molecule has 1 aromatic rings. The smallest absolute Gasteiger partial charge is 0.111 e. The van der Waals surface area contributed by atoms with Crippen molar-refractivity contribution in [1.82, 2.24) is 4.98 Å². The number of rotatable bonds is 0. The van der Waals surface area contributed by atoms with Gasteiger partial charge in [0.15, 0.2) is 0 Å². The van der Waals surface area contributed by atoms with Gasteiger partial charge in [-0.1, -0.05) is 0 Å². The van der Waals surface area contributed by atoms with Gasteiger partial charge in [0.2, 0.25) is 0 Å². The fraction of sp³-hybridized carbons (Fsp3) is 0. The van der Waals surface area contributed by atoms with E-state index in [2.05, 4.69) is 17.0 Å². The molecule has 1 aromatic heterocycles. The molecule has 9 heavy (non-hydrogen) atoms. The second kappa shape index (κ2) is 2.83. The minimum absolute atomic E-state index is 0.542. The Kier molecular flexibility index (Phi) is 1.81. The van der Waals surface area contributed by atoms with E-state index in [4.69, 9.17) is 0 Å². The van der Waals surface area contributed by atoms with Gasteiger partial charge in [-0.2, -0.15) is 0 Å². The van der Waals surface area contributed by atoms with Crippen LogP contribution in [-0.2, 0) is 0 Å². The highest BCUT2D eigenvalue weighted by Crippen LogP contribution is 1.89. The molecule has 0 aliphatic carbocycles. The first kappa shape index (κ1) is 5.77. The van der Waals surface area contributed by atoms with Crippen LogP contribution in [0.25, 0.3) is 0 Å². The quantitative estimate of drug-likeness (QED) is 0.468. The zero-order valence-electron chi connectivity index (χ0n) is 4.56. The highest BCUT2D eigenvalue weighted by atomic mass is 19.1. The molecule has 0 atom stereocenters. The van der Waals surface area contributed by atoms with E-state index in [0.29, 0.717) is 5.56 Å². The van der Waals surface area contributed by atoms with Gasteiger partial charge in [0.1, 0.15) is 6.17 Å². The van der Waals surface area contributed by atoms with Crippen LogP contribution in [0.1, 0.15) is 5.56 Å². The Bertz CT molecular complexity index is 232. The summed E-state index contributed by atoms with van der Waals surface area (Å²) >= 11 is 0. The Morgan fingerprint density at radius 1 is 1.67 bits per heavy atom. The predicted molar refractivity (Wildman–Crippen MR) is 31.1 cm³/mol. The lowest BCUT2D eigenvalue weighted by Gasteiger charge is -1.81. The summed E-state index contributed by atoms with van der Waals surface area (Å²) < 4.78 is 11.3. The van der Waals surface area contributed by atoms with Gasteiger partial charge >= 0.3 is 0 Å². The molecule has 1 rings (SSSR count). The molecule has 0 aliphatic heterocycles. The van der Waals surface area contributed by atoms with E-state index in [1.807, 2.05) is 0 Å². The molecule has 43 valence electrons. The third-order valence-corrected chi connectivity index (χ3v) is 0.793. The third kappa shape index (κ3) is 1.54. The molecule has 0 unspecified atom stereocenters. The fourth-order valence-electron chi connectivity index (χ4n) is 0.448. The Labute approximate surface area is 52.5 Å². The van der Waals surface area contributed by atoms with E-state index < -0.39 is 0 Å². The van der Waals surface area contributed by atoms with E-state index in [1.54, 1.807) is 6.07 Å². The van der Waals surface area contributed by atoms with Gasteiger partial charge in [-0.05, 0) is 12.0 Å². The average Bonchev–Trinajstić information content (AvgIpc) is 1.91. The van der Waals surface area contributed by atoms with E-state index in [-0.39, 0.29) is 0 Å². The Balaban J connectivity index is 2.94. The molecule has 1 radical (unpaired) electrons. The second-order valence-electron chi connectivity index (χ2n) is 1.39. The van der Waals surface area contributed by atoms with Crippen LogP contribution in [0.5, 0.6) is 0 Å². The first-order valence-electron chi connectivity index (χ1n) is 2.36. The fourth-order valence-corrected chi connectivity index (χ4v) is 0.448. The number of aromatic nitrogens is 1. The topological polar surface area (TPSA) is 12.9 Å². The molecule has 0 saturated carbocycles. The van der Waals surface area contributed by atoms with Gasteiger partial charge in [0, 0.05) is 24.0 Å². The van der Waals surface area contributed by atoms with Crippen molar-refractivity contribution in [3.8, 4) is 12.1 Å². The van der Waals surface area contributed by atoms with Crippen LogP contribution in [0.15, 0.2) is 18.5 Å². The van der Waals surface area contributed by atoms with Crippen molar-refractivity contribution in [2.75, 3.05) is 0 Å². The number of hydrogen-bond donors (Lipinski definition) is 0. The molecule has 2 heteroatoms. The normalized spacial score (nSPS) is 7.67. The zero-order chi connectivity index (χ0) is 6.53.